The molecule has 2 N–H and O–H groups in total. The van der Waals surface area contributed by atoms with Gasteiger partial charge in [-0.1, -0.05) is 0 Å². The number of aromatic hydroxyl groups is 1. The number of imidazole rings is 1. The molecule has 0 saturated carbocycles. The van der Waals surface area contributed by atoms with E-state index in [9.17, 15) is 9.90 Å². The van der Waals surface area contributed by atoms with Crippen molar-refractivity contribution in [3.8, 4) is 5.75 Å². The van der Waals surface area contributed by atoms with E-state index in [0.717, 1.165) is 25.2 Å². The van der Waals surface area contributed by atoms with E-state index in [2.05, 4.69) is 10.3 Å². The molecule has 1 saturated heterocycles. The molecule has 0 radical (unpaired) electrons. The van der Waals surface area contributed by atoms with Crippen LogP contribution in [0.1, 0.15) is 35.2 Å². The van der Waals surface area contributed by atoms with Gasteiger partial charge in [0.1, 0.15) is 11.6 Å². The minimum atomic E-state index is -0.465. The quantitative estimate of drug-likeness (QED) is 0.796. The van der Waals surface area contributed by atoms with Crippen LogP contribution in [0.4, 0.5) is 0 Å². The van der Waals surface area contributed by atoms with Crippen LogP contribution < -0.4 is 5.32 Å². The van der Waals surface area contributed by atoms with Crippen LogP contribution in [0.15, 0.2) is 18.3 Å². The van der Waals surface area contributed by atoms with Gasteiger partial charge in [-0.3, -0.25) is 4.40 Å². The van der Waals surface area contributed by atoms with Gasteiger partial charge in [-0.05, 0) is 31.5 Å². The molecule has 3 rings (SSSR count). The van der Waals surface area contributed by atoms with Gasteiger partial charge in [-0.25, -0.2) is 9.78 Å². The fourth-order valence-corrected chi connectivity index (χ4v) is 2.50. The highest BCUT2D eigenvalue weighted by Crippen LogP contribution is 2.26. The normalized spacial score (nSPS) is 18.9. The second-order valence-corrected chi connectivity index (χ2v) is 4.60. The van der Waals surface area contributed by atoms with E-state index in [4.69, 9.17) is 4.74 Å². The number of fused-ring (bicyclic) bond motifs is 1. The van der Waals surface area contributed by atoms with Crippen LogP contribution in [-0.2, 0) is 4.74 Å². The molecule has 6 nitrogen and oxygen atoms in total. The van der Waals surface area contributed by atoms with E-state index >= 15 is 0 Å². The van der Waals surface area contributed by atoms with Gasteiger partial charge in [-0.2, -0.15) is 0 Å². The van der Waals surface area contributed by atoms with E-state index in [1.807, 2.05) is 0 Å². The maximum absolute atomic E-state index is 11.8. The molecule has 100 valence electrons. The van der Waals surface area contributed by atoms with Crippen LogP contribution in [0.2, 0.25) is 0 Å². The molecule has 1 aliphatic rings. The van der Waals surface area contributed by atoms with Crippen LogP contribution in [0, 0.1) is 0 Å². The summed E-state index contributed by atoms with van der Waals surface area (Å²) in [7, 11) is 1.33. The van der Waals surface area contributed by atoms with E-state index in [1.165, 1.54) is 13.2 Å². The fraction of sp³-hybridized carbons (Fsp3) is 0.385. The van der Waals surface area contributed by atoms with Crippen LogP contribution in [0.25, 0.3) is 5.52 Å². The first-order chi connectivity index (χ1) is 9.20. The van der Waals surface area contributed by atoms with E-state index in [1.54, 1.807) is 16.7 Å². The number of rotatable bonds is 2. The van der Waals surface area contributed by atoms with Crippen molar-refractivity contribution in [2.75, 3.05) is 13.7 Å². The third kappa shape index (κ3) is 1.94. The number of aromatic nitrogens is 2. The van der Waals surface area contributed by atoms with Gasteiger partial charge in [0.15, 0.2) is 5.69 Å². The third-order valence-corrected chi connectivity index (χ3v) is 3.40. The smallest absolute Gasteiger partial charge is 0.358 e. The molecule has 3 heterocycles. The van der Waals surface area contributed by atoms with Crippen LogP contribution >= 0.6 is 0 Å². The zero-order valence-electron chi connectivity index (χ0n) is 10.6. The zero-order chi connectivity index (χ0) is 13.4. The van der Waals surface area contributed by atoms with Crippen molar-refractivity contribution >= 4 is 11.5 Å². The predicted octanol–water partition coefficient (Wildman–Crippen LogP) is 1.25. The lowest BCUT2D eigenvalue weighted by atomic mass is 10.2. The van der Waals surface area contributed by atoms with Gasteiger partial charge in [-0.15, -0.1) is 0 Å². The minimum Gasteiger partial charge on any atom is -0.506 e. The molecule has 1 aliphatic heterocycles. The number of carbonyl (C=O) groups excluding carboxylic acids is 1. The summed E-state index contributed by atoms with van der Waals surface area (Å²) in [5.41, 5.74) is 0.930. The Bertz CT molecular complexity index is 629. The van der Waals surface area contributed by atoms with Crippen molar-refractivity contribution in [2.24, 2.45) is 0 Å². The Morgan fingerprint density at radius 3 is 3.11 bits per heavy atom. The summed E-state index contributed by atoms with van der Waals surface area (Å²) in [6.45, 7) is 0.936. The number of carbonyl (C=O) groups is 1. The fourth-order valence-electron chi connectivity index (χ4n) is 2.50. The third-order valence-electron chi connectivity index (χ3n) is 3.40. The number of nitrogens with one attached hydrogen (secondary N) is 1. The number of nitrogens with zero attached hydrogens (tertiary/aromatic N) is 2. The molecule has 2 aromatic heterocycles. The summed E-state index contributed by atoms with van der Waals surface area (Å²) in [4.78, 5) is 16.2. The topological polar surface area (TPSA) is 75.9 Å². The lowest BCUT2D eigenvalue weighted by molar-refractivity contribution is 0.0596. The first-order valence-electron chi connectivity index (χ1n) is 6.23. The Balaban J connectivity index is 2.20. The lowest BCUT2D eigenvalue weighted by Gasteiger charge is -2.08. The van der Waals surface area contributed by atoms with Crippen LogP contribution in [0.3, 0.4) is 0 Å². The van der Waals surface area contributed by atoms with E-state index in [-0.39, 0.29) is 17.5 Å². The monoisotopic (exact) mass is 261 g/mol. The van der Waals surface area contributed by atoms with Crippen molar-refractivity contribution in [2.45, 2.75) is 18.9 Å². The molecule has 0 aromatic carbocycles. The van der Waals surface area contributed by atoms with Gasteiger partial charge >= 0.3 is 5.97 Å². The van der Waals surface area contributed by atoms with Crippen molar-refractivity contribution < 1.29 is 14.6 Å². The number of ether oxygens (including phenoxy) is 1. The van der Waals surface area contributed by atoms with Crippen LogP contribution in [0.5, 0.6) is 5.75 Å². The molecule has 19 heavy (non-hydrogen) atoms. The number of hydrogen-bond donors (Lipinski definition) is 2. The summed E-state index contributed by atoms with van der Waals surface area (Å²) in [6, 6.07) is 3.32. The first-order valence-corrected chi connectivity index (χ1v) is 6.23. The highest BCUT2D eigenvalue weighted by Gasteiger charge is 2.25. The number of esters is 1. The standard InChI is InChI=1S/C13H15N3O3/c1-19-13(18)11-10-5-4-8(17)7-16(10)12(15-11)9-3-2-6-14-9/h4-5,7,9,14,17H,2-3,6H2,1H3. The molecular formula is C13H15N3O3. The maximum Gasteiger partial charge on any atom is 0.358 e. The summed E-state index contributed by atoms with van der Waals surface area (Å²) in [5, 5.41) is 13.0. The molecular weight excluding hydrogens is 246 g/mol. The summed E-state index contributed by atoms with van der Waals surface area (Å²) in [6.07, 6.45) is 3.62. The average molecular weight is 261 g/mol. The minimum absolute atomic E-state index is 0.104. The number of hydrogen-bond acceptors (Lipinski definition) is 5. The predicted molar refractivity (Wildman–Crippen MR) is 68.2 cm³/mol. The number of methoxy groups -OCH3 is 1. The first kappa shape index (κ1) is 12.0. The highest BCUT2D eigenvalue weighted by molar-refractivity contribution is 5.95. The molecule has 1 fully saturated rings. The Hall–Kier alpha value is -2.08. The van der Waals surface area contributed by atoms with Gasteiger partial charge < -0.3 is 15.2 Å². The lowest BCUT2D eigenvalue weighted by Crippen LogP contribution is -2.16. The van der Waals surface area contributed by atoms with E-state index in [0.29, 0.717) is 5.52 Å². The molecule has 1 unspecified atom stereocenters. The SMILES string of the molecule is COC(=O)c1nc(C2CCCN2)n2cc(O)ccc12. The van der Waals surface area contributed by atoms with Crippen molar-refractivity contribution in [3.05, 3.63) is 29.8 Å². The Kier molecular flexibility index (Phi) is 2.87. The molecule has 1 atom stereocenters. The molecule has 0 spiro atoms. The maximum atomic E-state index is 11.8. The number of pyridine rings is 1. The average Bonchev–Trinajstić information content (AvgIpc) is 3.03. The van der Waals surface area contributed by atoms with E-state index < -0.39 is 5.97 Å². The van der Waals surface area contributed by atoms with Crippen LogP contribution in [-0.4, -0.2) is 34.1 Å². The molecule has 0 bridgehead atoms. The van der Waals surface area contributed by atoms with Gasteiger partial charge in [0.25, 0.3) is 0 Å². The summed E-state index contributed by atoms with van der Waals surface area (Å²) in [5.74, 6) is 0.414. The van der Waals surface area contributed by atoms with Crippen molar-refractivity contribution in [3.63, 3.8) is 0 Å². The highest BCUT2D eigenvalue weighted by atomic mass is 16.5. The molecule has 0 aliphatic carbocycles. The van der Waals surface area contributed by atoms with Gasteiger partial charge in [0.2, 0.25) is 0 Å². The largest absolute Gasteiger partial charge is 0.506 e. The molecule has 0 amide bonds. The van der Waals surface area contributed by atoms with Gasteiger partial charge in [0.05, 0.1) is 24.9 Å². The second-order valence-electron chi connectivity index (χ2n) is 4.60. The van der Waals surface area contributed by atoms with Crippen molar-refractivity contribution in [1.29, 1.82) is 0 Å². The van der Waals surface area contributed by atoms with Gasteiger partial charge in [0, 0.05) is 0 Å². The Morgan fingerprint density at radius 1 is 1.58 bits per heavy atom. The zero-order valence-corrected chi connectivity index (χ0v) is 10.6. The summed E-state index contributed by atoms with van der Waals surface area (Å²) >= 11 is 0. The summed E-state index contributed by atoms with van der Waals surface area (Å²) < 4.78 is 6.51. The Morgan fingerprint density at radius 2 is 2.42 bits per heavy atom. The molecule has 2 aromatic rings. The Labute approximate surface area is 110 Å². The molecule has 6 heteroatoms. The second kappa shape index (κ2) is 4.55. The van der Waals surface area contributed by atoms with Crippen molar-refractivity contribution in [1.82, 2.24) is 14.7 Å².